The lowest BCUT2D eigenvalue weighted by atomic mass is 9.92. The quantitative estimate of drug-likeness (QED) is 0.230. The molecule has 3 aromatic carbocycles. The van der Waals surface area contributed by atoms with E-state index < -0.39 is 0 Å². The van der Waals surface area contributed by atoms with Crippen molar-refractivity contribution in [1.29, 1.82) is 0 Å². The van der Waals surface area contributed by atoms with Gasteiger partial charge in [-0.1, -0.05) is 77.9 Å². The highest BCUT2D eigenvalue weighted by atomic mass is 32.1. The van der Waals surface area contributed by atoms with Gasteiger partial charge in [0, 0.05) is 17.0 Å². The van der Waals surface area contributed by atoms with Crippen LogP contribution in [0.5, 0.6) is 0 Å². The van der Waals surface area contributed by atoms with Gasteiger partial charge in [-0.15, -0.1) is 11.3 Å². The van der Waals surface area contributed by atoms with Gasteiger partial charge in [0.15, 0.2) is 11.0 Å². The molecule has 0 bridgehead atoms. The second-order valence-electron chi connectivity index (χ2n) is 10.6. The van der Waals surface area contributed by atoms with Gasteiger partial charge < -0.3 is 0 Å². The number of fused-ring (bicyclic) bond motifs is 2. The van der Waals surface area contributed by atoms with Gasteiger partial charge in [-0.2, -0.15) is 4.57 Å². The number of aromatic nitrogens is 3. The van der Waals surface area contributed by atoms with Crippen molar-refractivity contribution in [2.45, 2.75) is 66.2 Å². The van der Waals surface area contributed by atoms with Gasteiger partial charge in [-0.25, -0.2) is 9.55 Å². The van der Waals surface area contributed by atoms with E-state index >= 15 is 0 Å². The van der Waals surface area contributed by atoms with E-state index in [1.165, 1.54) is 54.5 Å². The van der Waals surface area contributed by atoms with Crippen molar-refractivity contribution in [2.75, 3.05) is 0 Å². The minimum atomic E-state index is 0.409. The number of para-hydroxylation sites is 3. The number of thiazole rings is 1. The van der Waals surface area contributed by atoms with Crippen molar-refractivity contribution in [3.8, 4) is 17.1 Å². The second kappa shape index (κ2) is 8.91. The molecule has 0 saturated heterocycles. The Labute approximate surface area is 213 Å². The van der Waals surface area contributed by atoms with Crippen LogP contribution in [0, 0.1) is 6.92 Å². The molecule has 0 radical (unpaired) electrons. The maximum Gasteiger partial charge on any atom is 0.297 e. The molecular formula is C31H36N3S+. The predicted molar refractivity (Wildman–Crippen MR) is 150 cm³/mol. The summed E-state index contributed by atoms with van der Waals surface area (Å²) in [6.07, 6.45) is 0. The van der Waals surface area contributed by atoms with E-state index in [0.29, 0.717) is 17.8 Å². The van der Waals surface area contributed by atoms with Crippen LogP contribution in [0.3, 0.4) is 0 Å². The van der Waals surface area contributed by atoms with Crippen molar-refractivity contribution in [1.82, 2.24) is 9.55 Å². The number of benzene rings is 3. The summed E-state index contributed by atoms with van der Waals surface area (Å²) in [5.74, 6) is 2.43. The monoisotopic (exact) mass is 482 g/mol. The fourth-order valence-corrected chi connectivity index (χ4v) is 6.21. The smallest absolute Gasteiger partial charge is 0.240 e. The van der Waals surface area contributed by atoms with E-state index in [1.807, 2.05) is 11.3 Å². The summed E-state index contributed by atoms with van der Waals surface area (Å²) in [6, 6.07) is 20.1. The topological polar surface area (TPSA) is 21.7 Å². The molecule has 5 aromatic rings. The maximum atomic E-state index is 5.20. The summed E-state index contributed by atoms with van der Waals surface area (Å²) in [5.41, 5.74) is 10.1. The minimum absolute atomic E-state index is 0.409. The number of hydrogen-bond donors (Lipinski definition) is 0. The normalized spacial score (nSPS) is 12.2. The van der Waals surface area contributed by atoms with Crippen LogP contribution in [-0.2, 0) is 7.05 Å². The fraction of sp³-hybridized carbons (Fsp3) is 0.355. The molecule has 0 amide bonds. The van der Waals surface area contributed by atoms with Crippen molar-refractivity contribution < 1.29 is 4.57 Å². The molecule has 2 aromatic heterocycles. The van der Waals surface area contributed by atoms with Crippen LogP contribution in [0.15, 0.2) is 54.6 Å². The van der Waals surface area contributed by atoms with E-state index in [4.69, 9.17) is 4.98 Å². The molecule has 0 atom stereocenters. The Morgan fingerprint density at radius 2 is 1.46 bits per heavy atom. The SMILES string of the molecule is Cc1ccc2sc(C(C)C)nc2c1-c1n(-c2c(C(C)C)cccc2C(C)C)c2ccccc2[n+]1C. The van der Waals surface area contributed by atoms with Gasteiger partial charge in [0.05, 0.1) is 27.8 Å². The van der Waals surface area contributed by atoms with Gasteiger partial charge in [0.2, 0.25) is 0 Å². The second-order valence-corrected chi connectivity index (χ2v) is 11.7. The molecular weight excluding hydrogens is 446 g/mol. The molecule has 35 heavy (non-hydrogen) atoms. The third-order valence-electron chi connectivity index (χ3n) is 7.08. The maximum absolute atomic E-state index is 5.20. The van der Waals surface area contributed by atoms with Gasteiger partial charge in [-0.05, 0) is 42.5 Å². The lowest BCUT2D eigenvalue weighted by molar-refractivity contribution is -0.633. The van der Waals surface area contributed by atoms with E-state index in [1.54, 1.807) is 0 Å². The number of nitrogens with zero attached hydrogens (tertiary/aromatic N) is 3. The minimum Gasteiger partial charge on any atom is -0.240 e. The number of aryl methyl sites for hydroxylation is 2. The largest absolute Gasteiger partial charge is 0.297 e. The summed E-state index contributed by atoms with van der Waals surface area (Å²) in [6.45, 7) is 15.9. The molecule has 5 rings (SSSR count). The first-order valence-corrected chi connectivity index (χ1v) is 13.5. The number of rotatable bonds is 5. The third kappa shape index (κ3) is 3.79. The first-order valence-electron chi connectivity index (χ1n) is 12.7. The van der Waals surface area contributed by atoms with Crippen LogP contribution < -0.4 is 4.57 Å². The van der Waals surface area contributed by atoms with E-state index in [-0.39, 0.29) is 0 Å². The van der Waals surface area contributed by atoms with Crippen LogP contribution in [0.25, 0.3) is 38.3 Å². The number of hydrogen-bond acceptors (Lipinski definition) is 2. The Morgan fingerprint density at radius 3 is 2.09 bits per heavy atom. The zero-order valence-corrected chi connectivity index (χ0v) is 23.0. The lowest BCUT2D eigenvalue weighted by Crippen LogP contribution is -2.30. The Morgan fingerprint density at radius 1 is 0.800 bits per heavy atom. The Bertz CT molecular complexity index is 1520. The van der Waals surface area contributed by atoms with Crippen LogP contribution in [0.2, 0.25) is 0 Å². The van der Waals surface area contributed by atoms with E-state index in [9.17, 15) is 0 Å². The van der Waals surface area contributed by atoms with E-state index in [0.717, 1.165) is 5.52 Å². The average molecular weight is 483 g/mol. The molecule has 0 spiro atoms. The zero-order chi connectivity index (χ0) is 25.0. The molecule has 2 heterocycles. The fourth-order valence-electron chi connectivity index (χ4n) is 5.23. The molecule has 0 unspecified atom stereocenters. The molecule has 180 valence electrons. The van der Waals surface area contributed by atoms with Crippen molar-refractivity contribution in [2.24, 2.45) is 7.05 Å². The highest BCUT2D eigenvalue weighted by Crippen LogP contribution is 2.40. The first kappa shape index (κ1) is 23.7. The molecule has 4 heteroatoms. The predicted octanol–water partition coefficient (Wildman–Crippen LogP) is 8.41. The molecule has 0 aliphatic rings. The highest BCUT2D eigenvalue weighted by Gasteiger charge is 2.32. The third-order valence-corrected chi connectivity index (χ3v) is 8.40. The summed E-state index contributed by atoms with van der Waals surface area (Å²) >= 11 is 1.82. The lowest BCUT2D eigenvalue weighted by Gasteiger charge is -2.18. The Kier molecular flexibility index (Phi) is 6.04. The summed E-state index contributed by atoms with van der Waals surface area (Å²) < 4.78 is 6.15. The highest BCUT2D eigenvalue weighted by molar-refractivity contribution is 7.18. The van der Waals surface area contributed by atoms with Gasteiger partial charge in [0.25, 0.3) is 5.82 Å². The van der Waals surface area contributed by atoms with Crippen LogP contribution >= 0.6 is 11.3 Å². The van der Waals surface area contributed by atoms with Crippen molar-refractivity contribution in [3.63, 3.8) is 0 Å². The molecule has 0 N–H and O–H groups in total. The standard InChI is InChI=1S/C31H36N3S/c1-18(2)22-12-11-13-23(19(3)4)29(22)34-25-15-10-9-14-24(25)33(8)31(34)27-21(7)16-17-26-28(27)32-30(35-26)20(5)6/h9-20H,1-8H3/q+1. The summed E-state index contributed by atoms with van der Waals surface area (Å²) in [7, 11) is 2.20. The molecule has 3 nitrogen and oxygen atoms in total. The molecule has 0 saturated carbocycles. The van der Waals surface area contributed by atoms with Crippen molar-refractivity contribution >= 4 is 32.6 Å². The summed E-state index contributed by atoms with van der Waals surface area (Å²) in [5, 5.41) is 1.20. The van der Waals surface area contributed by atoms with E-state index in [2.05, 4.69) is 119 Å². The number of imidazole rings is 1. The Hall–Kier alpha value is -2.98. The summed E-state index contributed by atoms with van der Waals surface area (Å²) in [4.78, 5) is 5.20. The van der Waals surface area contributed by atoms with Crippen molar-refractivity contribution in [3.05, 3.63) is 76.3 Å². The van der Waals surface area contributed by atoms with Gasteiger partial charge in [0.1, 0.15) is 5.69 Å². The molecule has 0 fully saturated rings. The van der Waals surface area contributed by atoms with Gasteiger partial charge in [-0.3, -0.25) is 0 Å². The Balaban J connectivity index is 2.00. The van der Waals surface area contributed by atoms with Crippen LogP contribution in [0.1, 0.15) is 81.0 Å². The zero-order valence-electron chi connectivity index (χ0n) is 22.2. The molecule has 0 aliphatic heterocycles. The molecule has 0 aliphatic carbocycles. The van der Waals surface area contributed by atoms with Crippen LogP contribution in [0.4, 0.5) is 0 Å². The van der Waals surface area contributed by atoms with Crippen LogP contribution in [-0.4, -0.2) is 9.55 Å². The first-order chi connectivity index (χ1) is 16.7. The van der Waals surface area contributed by atoms with Gasteiger partial charge >= 0.3 is 0 Å². The average Bonchev–Trinajstić information content (AvgIpc) is 3.38.